The predicted octanol–water partition coefficient (Wildman–Crippen LogP) is 4.57. The molecular formula is C15H13ClO2S. The summed E-state index contributed by atoms with van der Waals surface area (Å²) in [6.07, 6.45) is 4.15. The summed E-state index contributed by atoms with van der Waals surface area (Å²) in [7, 11) is 0. The van der Waals surface area contributed by atoms with Crippen molar-refractivity contribution >= 4 is 34.8 Å². The van der Waals surface area contributed by atoms with E-state index in [1.165, 1.54) is 28.4 Å². The zero-order valence-electron chi connectivity index (χ0n) is 10.4. The zero-order chi connectivity index (χ0) is 13.8. The van der Waals surface area contributed by atoms with Gasteiger partial charge in [-0.3, -0.25) is 4.79 Å². The number of ketones is 1. The number of hydrogen-bond donors (Lipinski definition) is 1. The average molecular weight is 293 g/mol. The molecule has 0 bridgehead atoms. The molecule has 2 nitrogen and oxygen atoms in total. The first kappa shape index (κ1) is 13.8. The molecule has 0 atom stereocenters. The Morgan fingerprint density at radius 3 is 2.79 bits per heavy atom. The molecule has 0 aliphatic carbocycles. The maximum absolute atomic E-state index is 11.9. The number of halogens is 1. The first-order chi connectivity index (χ1) is 9.10. The van der Waals surface area contributed by atoms with Crippen molar-refractivity contribution in [3.8, 4) is 5.75 Å². The monoisotopic (exact) mass is 292 g/mol. The van der Waals surface area contributed by atoms with Gasteiger partial charge in [0.1, 0.15) is 5.75 Å². The highest BCUT2D eigenvalue weighted by molar-refractivity contribution is 7.14. The predicted molar refractivity (Wildman–Crippen MR) is 80.2 cm³/mol. The molecule has 1 aromatic carbocycles. The van der Waals surface area contributed by atoms with Crippen LogP contribution in [0, 0.1) is 0 Å². The van der Waals surface area contributed by atoms with Crippen molar-refractivity contribution in [3.05, 3.63) is 56.7 Å². The van der Waals surface area contributed by atoms with Gasteiger partial charge >= 0.3 is 0 Å². The fourth-order valence-corrected chi connectivity index (χ4v) is 2.64. The van der Waals surface area contributed by atoms with Crippen LogP contribution in [0.2, 0.25) is 5.02 Å². The quantitative estimate of drug-likeness (QED) is 0.662. The normalized spacial score (nSPS) is 11.1. The molecule has 0 aliphatic heterocycles. The molecule has 0 aliphatic rings. The molecule has 0 saturated carbocycles. The maximum Gasteiger partial charge on any atom is 0.195 e. The molecule has 1 N–H and O–H groups in total. The second-order valence-corrected chi connectivity index (χ2v) is 5.60. The summed E-state index contributed by atoms with van der Waals surface area (Å²) >= 11 is 7.32. The number of carbonyl (C=O) groups excluding carboxylic acids is 1. The van der Waals surface area contributed by atoms with Crippen LogP contribution in [0.3, 0.4) is 0 Å². The molecule has 0 spiro atoms. The first-order valence-corrected chi connectivity index (χ1v) is 7.09. The van der Waals surface area contributed by atoms with E-state index in [-0.39, 0.29) is 16.6 Å². The molecule has 0 unspecified atom stereocenters. The highest BCUT2D eigenvalue weighted by Gasteiger charge is 2.05. The van der Waals surface area contributed by atoms with Gasteiger partial charge in [0.15, 0.2) is 5.78 Å². The van der Waals surface area contributed by atoms with Crippen LogP contribution in [0.15, 0.2) is 36.4 Å². The Bertz CT molecular complexity index is 629. The minimum atomic E-state index is -0.0195. The van der Waals surface area contributed by atoms with Gasteiger partial charge in [0.05, 0.1) is 9.90 Å². The Balaban J connectivity index is 2.13. The van der Waals surface area contributed by atoms with E-state index < -0.39 is 0 Å². The number of aromatic hydroxyl groups is 1. The van der Waals surface area contributed by atoms with Crippen LogP contribution in [0.1, 0.15) is 27.0 Å². The van der Waals surface area contributed by atoms with Crippen molar-refractivity contribution in [1.82, 2.24) is 0 Å². The number of phenols is 1. The van der Waals surface area contributed by atoms with E-state index >= 15 is 0 Å². The lowest BCUT2D eigenvalue weighted by Crippen LogP contribution is -1.88. The smallest absolute Gasteiger partial charge is 0.195 e. The molecule has 2 rings (SSSR count). The van der Waals surface area contributed by atoms with Gasteiger partial charge in [0.25, 0.3) is 0 Å². The van der Waals surface area contributed by atoms with Crippen LogP contribution >= 0.6 is 22.9 Å². The van der Waals surface area contributed by atoms with Crippen molar-refractivity contribution in [1.29, 1.82) is 0 Å². The third-order valence-electron chi connectivity index (χ3n) is 2.65. The average Bonchev–Trinajstić information content (AvgIpc) is 2.88. The largest absolute Gasteiger partial charge is 0.506 e. The van der Waals surface area contributed by atoms with Gasteiger partial charge in [0.2, 0.25) is 0 Å². The second kappa shape index (κ2) is 6.04. The van der Waals surface area contributed by atoms with Crippen molar-refractivity contribution in [2.45, 2.75) is 13.3 Å². The summed E-state index contributed by atoms with van der Waals surface area (Å²) in [5.74, 6) is 0.0184. The van der Waals surface area contributed by atoms with Gasteiger partial charge in [0, 0.05) is 4.88 Å². The van der Waals surface area contributed by atoms with Crippen molar-refractivity contribution < 1.29 is 9.90 Å². The third-order valence-corrected chi connectivity index (χ3v) is 4.20. The van der Waals surface area contributed by atoms with Crippen LogP contribution in [0.25, 0.3) is 6.08 Å². The molecule has 1 aromatic heterocycles. The molecule has 98 valence electrons. The SMILES string of the molecule is CCc1ccc(C(=O)/C=C/c2ccc(O)c(Cl)c2)s1. The maximum atomic E-state index is 11.9. The number of rotatable bonds is 4. The van der Waals surface area contributed by atoms with E-state index in [1.807, 2.05) is 12.1 Å². The van der Waals surface area contributed by atoms with E-state index in [1.54, 1.807) is 18.2 Å². The standard InChI is InChI=1S/C15H13ClO2S/c1-2-11-5-8-15(19-11)14(18)7-4-10-3-6-13(17)12(16)9-10/h3-9,17H,2H2,1H3/b7-4+. The van der Waals surface area contributed by atoms with E-state index in [9.17, 15) is 9.90 Å². The van der Waals surface area contributed by atoms with E-state index in [0.717, 1.165) is 16.9 Å². The lowest BCUT2D eigenvalue weighted by molar-refractivity contribution is 0.105. The fourth-order valence-electron chi connectivity index (χ4n) is 1.58. The molecular weight excluding hydrogens is 280 g/mol. The summed E-state index contributed by atoms with van der Waals surface area (Å²) in [6, 6.07) is 8.65. The molecule has 0 amide bonds. The number of phenolic OH excluding ortho intramolecular Hbond substituents is 1. The van der Waals surface area contributed by atoms with Crippen molar-refractivity contribution in [2.24, 2.45) is 0 Å². The topological polar surface area (TPSA) is 37.3 Å². The van der Waals surface area contributed by atoms with Gasteiger partial charge in [-0.2, -0.15) is 0 Å². The minimum absolute atomic E-state index is 0.0195. The lowest BCUT2D eigenvalue weighted by Gasteiger charge is -1.97. The minimum Gasteiger partial charge on any atom is -0.506 e. The van der Waals surface area contributed by atoms with E-state index in [2.05, 4.69) is 6.92 Å². The summed E-state index contributed by atoms with van der Waals surface area (Å²) < 4.78 is 0. The molecule has 0 radical (unpaired) electrons. The highest BCUT2D eigenvalue weighted by atomic mass is 35.5. The molecule has 1 heterocycles. The Labute approximate surface area is 121 Å². The Morgan fingerprint density at radius 2 is 2.16 bits per heavy atom. The number of benzene rings is 1. The van der Waals surface area contributed by atoms with Crippen LogP contribution in [-0.4, -0.2) is 10.9 Å². The second-order valence-electron chi connectivity index (χ2n) is 4.03. The van der Waals surface area contributed by atoms with Crippen LogP contribution < -0.4 is 0 Å². The summed E-state index contributed by atoms with van der Waals surface area (Å²) in [6.45, 7) is 2.06. The van der Waals surface area contributed by atoms with Gasteiger partial charge in [-0.15, -0.1) is 11.3 Å². The number of aryl methyl sites for hydroxylation is 1. The Hall–Kier alpha value is -1.58. The van der Waals surface area contributed by atoms with Gasteiger partial charge < -0.3 is 5.11 Å². The third kappa shape index (κ3) is 3.46. The number of carbonyl (C=O) groups is 1. The Kier molecular flexibility index (Phi) is 4.40. The van der Waals surface area contributed by atoms with E-state index in [0.29, 0.717) is 0 Å². The van der Waals surface area contributed by atoms with Crippen molar-refractivity contribution in [3.63, 3.8) is 0 Å². The number of allylic oxidation sites excluding steroid dienone is 1. The summed E-state index contributed by atoms with van der Waals surface area (Å²) in [5, 5.41) is 9.58. The van der Waals surface area contributed by atoms with Crippen LogP contribution in [0.5, 0.6) is 5.75 Å². The summed E-state index contributed by atoms with van der Waals surface area (Å²) in [5.41, 5.74) is 0.781. The van der Waals surface area contributed by atoms with E-state index in [4.69, 9.17) is 11.6 Å². The van der Waals surface area contributed by atoms with Crippen molar-refractivity contribution in [2.75, 3.05) is 0 Å². The highest BCUT2D eigenvalue weighted by Crippen LogP contribution is 2.24. The molecule has 2 aromatic rings. The molecule has 0 fully saturated rings. The number of thiophene rings is 1. The molecule has 0 saturated heterocycles. The molecule has 19 heavy (non-hydrogen) atoms. The zero-order valence-corrected chi connectivity index (χ0v) is 12.0. The van der Waals surface area contributed by atoms with Crippen LogP contribution in [0.4, 0.5) is 0 Å². The lowest BCUT2D eigenvalue weighted by atomic mass is 10.2. The van der Waals surface area contributed by atoms with Crippen LogP contribution in [-0.2, 0) is 6.42 Å². The van der Waals surface area contributed by atoms with Gasteiger partial charge in [-0.25, -0.2) is 0 Å². The van der Waals surface area contributed by atoms with Gasteiger partial charge in [-0.05, 0) is 42.3 Å². The van der Waals surface area contributed by atoms with Gasteiger partial charge in [-0.1, -0.05) is 30.7 Å². The number of hydrogen-bond acceptors (Lipinski definition) is 3. The first-order valence-electron chi connectivity index (χ1n) is 5.90. The summed E-state index contributed by atoms with van der Waals surface area (Å²) in [4.78, 5) is 13.9. The molecule has 4 heteroatoms. The Morgan fingerprint density at radius 1 is 1.37 bits per heavy atom. The fraction of sp³-hybridized carbons (Fsp3) is 0.133.